The summed E-state index contributed by atoms with van der Waals surface area (Å²) >= 11 is 5.61. The Bertz CT molecular complexity index is 56.9. The smallest absolute Gasteiger partial charge is 0.109 e. The molecule has 2 heteroatoms. The van der Waals surface area contributed by atoms with E-state index in [0.29, 0.717) is 5.92 Å². The van der Waals surface area contributed by atoms with E-state index in [2.05, 4.69) is 21.1 Å². The van der Waals surface area contributed by atoms with E-state index >= 15 is 0 Å². The first-order chi connectivity index (χ1) is 4.31. The first kappa shape index (κ1) is 9.35. The molecule has 0 aromatic carbocycles. The third-order valence-corrected chi connectivity index (χ3v) is 1.85. The Morgan fingerprint density at radius 2 is 2.22 bits per heavy atom. The molecule has 53 valence electrons. The largest absolute Gasteiger partial charge is 0.126 e. The lowest BCUT2D eigenvalue weighted by Crippen LogP contribution is -2.00. The molecule has 0 nitrogen and oxygen atoms in total. The topological polar surface area (TPSA) is 0 Å². The van der Waals surface area contributed by atoms with Gasteiger partial charge in [0.25, 0.3) is 0 Å². The van der Waals surface area contributed by atoms with Crippen LogP contribution in [0.15, 0.2) is 0 Å². The van der Waals surface area contributed by atoms with Gasteiger partial charge < -0.3 is 0 Å². The number of halogens is 1. The van der Waals surface area contributed by atoms with Crippen molar-refractivity contribution in [2.45, 2.75) is 32.9 Å². The summed E-state index contributed by atoms with van der Waals surface area (Å²) in [6.45, 7) is 4.38. The van der Waals surface area contributed by atoms with Crippen molar-refractivity contribution in [3.05, 3.63) is 0 Å². The maximum absolute atomic E-state index is 5.61. The second-order valence-corrected chi connectivity index (χ2v) is 2.88. The van der Waals surface area contributed by atoms with Gasteiger partial charge in [0, 0.05) is 5.88 Å². The molecular formula is C7H15BCl. The van der Waals surface area contributed by atoms with Crippen molar-refractivity contribution in [1.82, 2.24) is 0 Å². The Hall–Kier alpha value is 0.355. The Labute approximate surface area is 64.2 Å². The van der Waals surface area contributed by atoms with E-state index in [4.69, 9.17) is 11.6 Å². The van der Waals surface area contributed by atoms with Gasteiger partial charge in [0.05, 0.1) is 0 Å². The van der Waals surface area contributed by atoms with Crippen LogP contribution in [0.5, 0.6) is 0 Å². The van der Waals surface area contributed by atoms with Gasteiger partial charge in [-0.1, -0.05) is 32.9 Å². The van der Waals surface area contributed by atoms with Crippen LogP contribution >= 0.6 is 11.6 Å². The molecule has 0 heterocycles. The first-order valence-corrected chi connectivity index (χ1v) is 4.22. The average Bonchev–Trinajstić information content (AvgIpc) is 1.89. The molecule has 1 unspecified atom stereocenters. The first-order valence-electron chi connectivity index (χ1n) is 3.68. The summed E-state index contributed by atoms with van der Waals surface area (Å²) in [6, 6.07) is 0. The second-order valence-electron chi connectivity index (χ2n) is 2.57. The maximum Gasteiger partial charge on any atom is 0.109 e. The Morgan fingerprint density at radius 1 is 1.56 bits per heavy atom. The fourth-order valence-electron chi connectivity index (χ4n) is 0.669. The lowest BCUT2D eigenvalue weighted by atomic mass is 9.67. The van der Waals surface area contributed by atoms with Crippen LogP contribution in [0.4, 0.5) is 0 Å². The van der Waals surface area contributed by atoms with Gasteiger partial charge in [0.2, 0.25) is 0 Å². The molecule has 0 saturated carbocycles. The number of hydrogen-bond acceptors (Lipinski definition) is 0. The third-order valence-electron chi connectivity index (χ3n) is 1.33. The summed E-state index contributed by atoms with van der Waals surface area (Å²) in [7, 11) is 2.33. The van der Waals surface area contributed by atoms with E-state index in [-0.39, 0.29) is 0 Å². The molecule has 0 amide bonds. The third kappa shape index (κ3) is 6.24. The highest BCUT2D eigenvalue weighted by molar-refractivity contribution is 6.35. The molecular weight excluding hydrogens is 130 g/mol. The van der Waals surface area contributed by atoms with Crippen molar-refractivity contribution in [2.75, 3.05) is 5.88 Å². The van der Waals surface area contributed by atoms with E-state index < -0.39 is 0 Å². The molecule has 1 radical (unpaired) electrons. The SMILES string of the molecule is CCC[B]CC(C)CCl. The predicted octanol–water partition coefficient (Wildman–Crippen LogP) is 2.81. The van der Waals surface area contributed by atoms with Gasteiger partial charge in [-0.25, -0.2) is 0 Å². The summed E-state index contributed by atoms with van der Waals surface area (Å²) in [5.41, 5.74) is 0. The molecule has 9 heavy (non-hydrogen) atoms. The van der Waals surface area contributed by atoms with Crippen molar-refractivity contribution in [1.29, 1.82) is 0 Å². The van der Waals surface area contributed by atoms with Crippen LogP contribution in [-0.2, 0) is 0 Å². The molecule has 0 fully saturated rings. The van der Waals surface area contributed by atoms with E-state index in [1.54, 1.807) is 0 Å². The van der Waals surface area contributed by atoms with Crippen molar-refractivity contribution in [3.63, 3.8) is 0 Å². The summed E-state index contributed by atoms with van der Waals surface area (Å²) in [4.78, 5) is 0. The highest BCUT2D eigenvalue weighted by Gasteiger charge is 1.98. The van der Waals surface area contributed by atoms with E-state index in [1.165, 1.54) is 19.1 Å². The molecule has 0 aliphatic rings. The fourth-order valence-corrected chi connectivity index (χ4v) is 0.795. The van der Waals surface area contributed by atoms with Gasteiger partial charge in [-0.15, -0.1) is 11.6 Å². The Kier molecular flexibility index (Phi) is 6.73. The highest BCUT2D eigenvalue weighted by atomic mass is 35.5. The zero-order chi connectivity index (χ0) is 7.11. The van der Waals surface area contributed by atoms with Crippen LogP contribution in [0.2, 0.25) is 12.6 Å². The Balaban J connectivity index is 2.88. The minimum atomic E-state index is 0.665. The molecule has 0 bridgehead atoms. The standard InChI is InChI=1S/C7H15BCl/c1-3-4-8-5-7(2)6-9/h7H,3-6H2,1-2H3. The zero-order valence-corrected chi connectivity index (χ0v) is 7.12. The molecule has 0 aromatic rings. The second kappa shape index (κ2) is 6.47. The minimum Gasteiger partial charge on any atom is -0.126 e. The predicted molar refractivity (Wildman–Crippen MR) is 45.5 cm³/mol. The van der Waals surface area contributed by atoms with Crippen LogP contribution in [0.1, 0.15) is 20.3 Å². The van der Waals surface area contributed by atoms with Crippen molar-refractivity contribution < 1.29 is 0 Å². The lowest BCUT2D eigenvalue weighted by Gasteiger charge is -2.03. The van der Waals surface area contributed by atoms with Gasteiger partial charge in [-0.3, -0.25) is 0 Å². The Morgan fingerprint density at radius 3 is 2.67 bits per heavy atom. The highest BCUT2D eigenvalue weighted by Crippen LogP contribution is 2.05. The van der Waals surface area contributed by atoms with Crippen molar-refractivity contribution in [2.24, 2.45) is 5.92 Å². The van der Waals surface area contributed by atoms with Crippen LogP contribution in [0, 0.1) is 5.92 Å². The van der Waals surface area contributed by atoms with Gasteiger partial charge in [-0.05, 0) is 5.92 Å². The molecule has 0 spiro atoms. The summed E-state index contributed by atoms with van der Waals surface area (Å²) in [5.74, 6) is 1.46. The van der Waals surface area contributed by atoms with Crippen LogP contribution in [0.3, 0.4) is 0 Å². The monoisotopic (exact) mass is 145 g/mol. The normalized spacial score (nSPS) is 13.2. The molecule has 1 atom stereocenters. The van der Waals surface area contributed by atoms with Crippen LogP contribution < -0.4 is 0 Å². The van der Waals surface area contributed by atoms with Crippen molar-refractivity contribution >= 4 is 18.9 Å². The molecule has 0 rings (SSSR count). The number of alkyl halides is 1. The molecule has 0 aliphatic carbocycles. The summed E-state index contributed by atoms with van der Waals surface area (Å²) in [5, 5.41) is 0. The van der Waals surface area contributed by atoms with E-state index in [1.807, 2.05) is 0 Å². The van der Waals surface area contributed by atoms with E-state index in [0.717, 1.165) is 5.88 Å². The van der Waals surface area contributed by atoms with Crippen LogP contribution in [-0.4, -0.2) is 13.2 Å². The molecule has 0 N–H and O–H groups in total. The van der Waals surface area contributed by atoms with E-state index in [9.17, 15) is 0 Å². The van der Waals surface area contributed by atoms with Crippen LogP contribution in [0.25, 0.3) is 0 Å². The minimum absolute atomic E-state index is 0.665. The summed E-state index contributed by atoms with van der Waals surface area (Å²) < 4.78 is 0. The molecule has 0 aliphatic heterocycles. The van der Waals surface area contributed by atoms with Gasteiger partial charge in [0.15, 0.2) is 0 Å². The quantitative estimate of drug-likeness (QED) is 0.317. The fraction of sp³-hybridized carbons (Fsp3) is 1.00. The lowest BCUT2D eigenvalue weighted by molar-refractivity contribution is 0.736. The molecule has 0 aromatic heterocycles. The van der Waals surface area contributed by atoms with Gasteiger partial charge >= 0.3 is 0 Å². The molecule has 0 saturated heterocycles. The maximum atomic E-state index is 5.61. The van der Waals surface area contributed by atoms with Crippen molar-refractivity contribution in [3.8, 4) is 0 Å². The van der Waals surface area contributed by atoms with Gasteiger partial charge in [0.1, 0.15) is 7.28 Å². The summed E-state index contributed by atoms with van der Waals surface area (Å²) in [6.07, 6.45) is 3.67. The number of hydrogen-bond donors (Lipinski definition) is 0. The number of rotatable bonds is 5. The zero-order valence-electron chi connectivity index (χ0n) is 6.36. The average molecular weight is 145 g/mol. The van der Waals surface area contributed by atoms with Gasteiger partial charge in [-0.2, -0.15) is 0 Å².